The lowest BCUT2D eigenvalue weighted by molar-refractivity contribution is 0.0491. The third kappa shape index (κ3) is 13.0. The Morgan fingerprint density at radius 1 is 0.702 bits per heavy atom. The third-order valence-corrected chi connectivity index (χ3v) is 7.56. The van der Waals surface area contributed by atoms with Crippen LogP contribution in [0.3, 0.4) is 0 Å². The number of carbonyl (C=O) groups excluding carboxylic acids is 2. The van der Waals surface area contributed by atoms with E-state index in [0.29, 0.717) is 30.3 Å². The molecule has 0 amide bonds. The van der Waals surface area contributed by atoms with Crippen LogP contribution in [0.4, 0.5) is 0 Å². The van der Waals surface area contributed by atoms with Crippen LogP contribution in [0.25, 0.3) is 0 Å². The van der Waals surface area contributed by atoms with E-state index in [9.17, 15) is 14.4 Å². The summed E-state index contributed by atoms with van der Waals surface area (Å²) in [5.74, 6) is -0.872. The quantitative estimate of drug-likeness (QED) is 0.0711. The van der Waals surface area contributed by atoms with Crippen LogP contribution in [0.5, 0.6) is 17.2 Å². The molecule has 0 atom stereocenters. The van der Waals surface area contributed by atoms with Gasteiger partial charge in [-0.05, 0) is 81.3 Å². The molecular formula is C39H48O8. The molecule has 1 N–H and O–H groups in total. The highest BCUT2D eigenvalue weighted by atomic mass is 16.6. The first-order valence-electron chi connectivity index (χ1n) is 16.8. The summed E-state index contributed by atoms with van der Waals surface area (Å²) in [6.45, 7) is 5.01. The number of unbranched alkanes of at least 4 members (excludes halogenated alkanes) is 3. The molecule has 3 aromatic carbocycles. The summed E-state index contributed by atoms with van der Waals surface area (Å²) in [5.41, 5.74) is 0.798. The number of hydrogen-bond donors (Lipinski definition) is 1. The number of esters is 2. The number of rotatable bonds is 16. The third-order valence-electron chi connectivity index (χ3n) is 7.56. The van der Waals surface area contributed by atoms with Crippen molar-refractivity contribution in [3.8, 4) is 17.2 Å². The van der Waals surface area contributed by atoms with Crippen LogP contribution in [0.15, 0.2) is 84.9 Å². The Balaban J connectivity index is 0.000000312. The first-order chi connectivity index (χ1) is 22.9. The van der Waals surface area contributed by atoms with Crippen molar-refractivity contribution in [3.63, 3.8) is 0 Å². The molecule has 0 bridgehead atoms. The fraction of sp³-hybridized carbons (Fsp3) is 0.410. The number of carboxylic acids is 1. The molecule has 1 aliphatic rings. The van der Waals surface area contributed by atoms with Crippen molar-refractivity contribution >= 4 is 17.9 Å². The van der Waals surface area contributed by atoms with E-state index < -0.39 is 17.9 Å². The van der Waals surface area contributed by atoms with Gasteiger partial charge in [-0.25, -0.2) is 14.4 Å². The van der Waals surface area contributed by atoms with Crippen molar-refractivity contribution in [3.05, 3.63) is 102 Å². The Morgan fingerprint density at radius 2 is 1.32 bits per heavy atom. The minimum atomic E-state index is -0.925. The van der Waals surface area contributed by atoms with Gasteiger partial charge in [0.15, 0.2) is 0 Å². The van der Waals surface area contributed by atoms with Gasteiger partial charge in [-0.15, -0.1) is 0 Å². The van der Waals surface area contributed by atoms with Gasteiger partial charge in [-0.2, -0.15) is 0 Å². The maximum absolute atomic E-state index is 12.8. The lowest BCUT2D eigenvalue weighted by atomic mass is 9.97. The van der Waals surface area contributed by atoms with Gasteiger partial charge in [0.05, 0.1) is 19.3 Å². The summed E-state index contributed by atoms with van der Waals surface area (Å²) in [7, 11) is 0. The van der Waals surface area contributed by atoms with Crippen LogP contribution in [-0.2, 0) is 4.74 Å². The predicted molar refractivity (Wildman–Crippen MR) is 183 cm³/mol. The van der Waals surface area contributed by atoms with Crippen molar-refractivity contribution in [2.24, 2.45) is 0 Å². The number of para-hydroxylation sites is 3. The lowest BCUT2D eigenvalue weighted by Crippen LogP contribution is -2.20. The van der Waals surface area contributed by atoms with Crippen LogP contribution in [-0.4, -0.2) is 42.3 Å². The molecule has 0 radical (unpaired) electrons. The maximum atomic E-state index is 12.8. The fourth-order valence-electron chi connectivity index (χ4n) is 5.04. The van der Waals surface area contributed by atoms with Gasteiger partial charge in [0.2, 0.25) is 0 Å². The van der Waals surface area contributed by atoms with Crippen molar-refractivity contribution in [2.45, 2.75) is 90.6 Å². The number of carbonyl (C=O) groups is 3. The van der Waals surface area contributed by atoms with E-state index in [1.807, 2.05) is 12.1 Å². The van der Waals surface area contributed by atoms with Crippen LogP contribution >= 0.6 is 0 Å². The Hall–Kier alpha value is -4.59. The number of aromatic carboxylic acids is 1. The monoisotopic (exact) mass is 644 g/mol. The summed E-state index contributed by atoms with van der Waals surface area (Å²) in [6.07, 6.45) is 15.8. The largest absolute Gasteiger partial charge is 0.492 e. The molecule has 8 heteroatoms. The van der Waals surface area contributed by atoms with Gasteiger partial charge >= 0.3 is 17.9 Å². The maximum Gasteiger partial charge on any atom is 0.347 e. The molecular weight excluding hydrogens is 596 g/mol. The van der Waals surface area contributed by atoms with E-state index in [0.717, 1.165) is 51.4 Å². The first kappa shape index (κ1) is 36.9. The average Bonchev–Trinajstić information content (AvgIpc) is 3.09. The molecule has 8 nitrogen and oxygen atoms in total. The summed E-state index contributed by atoms with van der Waals surface area (Å²) >= 11 is 0. The molecule has 1 fully saturated rings. The Morgan fingerprint density at radius 3 is 1.98 bits per heavy atom. The molecule has 0 heterocycles. The van der Waals surface area contributed by atoms with Crippen molar-refractivity contribution in [1.29, 1.82) is 0 Å². The van der Waals surface area contributed by atoms with Gasteiger partial charge < -0.3 is 24.1 Å². The molecule has 0 aliphatic heterocycles. The van der Waals surface area contributed by atoms with Crippen LogP contribution in [0.1, 0.15) is 116 Å². The van der Waals surface area contributed by atoms with Gasteiger partial charge in [-0.3, -0.25) is 0 Å². The minimum Gasteiger partial charge on any atom is -0.492 e. The highest BCUT2D eigenvalue weighted by Crippen LogP contribution is 2.26. The van der Waals surface area contributed by atoms with Crippen LogP contribution < -0.4 is 14.2 Å². The zero-order valence-corrected chi connectivity index (χ0v) is 27.7. The van der Waals surface area contributed by atoms with E-state index in [1.54, 1.807) is 66.7 Å². The highest BCUT2D eigenvalue weighted by Gasteiger charge is 2.20. The standard InChI is InChI=1S/C26H32O5.C13H16O3/c1-3-5-7-13-19-29-23-17-11-9-15-21(23)26(28)31-24-18-12-10-16-22(24)25(27)30-20-14-8-6-4-2;14-13(15)11-8-4-5-9-12(11)16-10-6-2-1-3-7-10/h5,7,9-12,15-18H,3-4,6,8,13-14,19-20H2,1-2H3;4-5,8-10H,1-3,6-7H2,(H,14,15)/b7-5-;. The van der Waals surface area contributed by atoms with Gasteiger partial charge in [0, 0.05) is 0 Å². The molecule has 4 rings (SSSR count). The fourth-order valence-corrected chi connectivity index (χ4v) is 5.04. The second-order valence-corrected chi connectivity index (χ2v) is 11.3. The minimum absolute atomic E-state index is 0.173. The van der Waals surface area contributed by atoms with E-state index in [-0.39, 0.29) is 23.0 Å². The number of carboxylic acid groups (broad SMARTS) is 1. The number of allylic oxidation sites excluding steroid dienone is 1. The second-order valence-electron chi connectivity index (χ2n) is 11.3. The summed E-state index contributed by atoms with van der Waals surface area (Å²) in [5, 5.41) is 9.02. The normalized spacial score (nSPS) is 12.9. The van der Waals surface area contributed by atoms with Crippen molar-refractivity contribution in [1.82, 2.24) is 0 Å². The van der Waals surface area contributed by atoms with E-state index >= 15 is 0 Å². The topological polar surface area (TPSA) is 108 Å². The molecule has 0 spiro atoms. The van der Waals surface area contributed by atoms with Gasteiger partial charge in [0.1, 0.15) is 33.9 Å². The SMILES string of the molecule is CC/C=C\CCOc1ccccc1C(=O)Oc1ccccc1C(=O)OCCCCCC.O=C(O)c1ccccc1OC1CCCCC1. The Kier molecular flexibility index (Phi) is 16.7. The molecule has 252 valence electrons. The number of benzene rings is 3. The van der Waals surface area contributed by atoms with Crippen LogP contribution in [0.2, 0.25) is 0 Å². The molecule has 1 saturated carbocycles. The molecule has 0 aromatic heterocycles. The van der Waals surface area contributed by atoms with Crippen molar-refractivity contribution < 1.29 is 38.4 Å². The Labute approximate surface area is 278 Å². The van der Waals surface area contributed by atoms with E-state index in [1.165, 1.54) is 19.3 Å². The number of hydrogen-bond acceptors (Lipinski definition) is 7. The predicted octanol–water partition coefficient (Wildman–Crippen LogP) is 9.47. The smallest absolute Gasteiger partial charge is 0.347 e. The molecule has 47 heavy (non-hydrogen) atoms. The van der Waals surface area contributed by atoms with Crippen molar-refractivity contribution in [2.75, 3.05) is 13.2 Å². The zero-order chi connectivity index (χ0) is 33.7. The number of ether oxygens (including phenoxy) is 4. The molecule has 0 saturated heterocycles. The molecule has 3 aromatic rings. The molecule has 0 unspecified atom stereocenters. The first-order valence-corrected chi connectivity index (χ1v) is 16.8. The molecule has 1 aliphatic carbocycles. The van der Waals surface area contributed by atoms with Gasteiger partial charge in [-0.1, -0.05) is 88.1 Å². The zero-order valence-electron chi connectivity index (χ0n) is 27.7. The Bertz CT molecular complexity index is 1420. The highest BCUT2D eigenvalue weighted by molar-refractivity contribution is 5.97. The average molecular weight is 645 g/mol. The second kappa shape index (κ2) is 21.3. The van der Waals surface area contributed by atoms with Crippen LogP contribution in [0, 0.1) is 0 Å². The van der Waals surface area contributed by atoms with E-state index in [4.69, 9.17) is 24.1 Å². The summed E-state index contributed by atoms with van der Waals surface area (Å²) < 4.78 is 22.4. The lowest BCUT2D eigenvalue weighted by Gasteiger charge is -2.23. The summed E-state index contributed by atoms with van der Waals surface area (Å²) in [6, 6.07) is 20.4. The van der Waals surface area contributed by atoms with Gasteiger partial charge in [0.25, 0.3) is 0 Å². The summed E-state index contributed by atoms with van der Waals surface area (Å²) in [4.78, 5) is 36.3. The van der Waals surface area contributed by atoms with E-state index in [2.05, 4.69) is 19.9 Å².